The van der Waals surface area contributed by atoms with Crippen LogP contribution >= 0.6 is 0 Å². The second-order valence-electron chi connectivity index (χ2n) is 6.10. The minimum absolute atomic E-state index is 0.0876. The number of carbonyl (C=O) groups is 2. The number of para-hydroxylation sites is 1. The van der Waals surface area contributed by atoms with Crippen LogP contribution in [0.15, 0.2) is 36.9 Å². The molecule has 9 heteroatoms. The largest absolute Gasteiger partial charge is 0.446 e. The van der Waals surface area contributed by atoms with Crippen LogP contribution in [0.2, 0.25) is 0 Å². The van der Waals surface area contributed by atoms with Crippen molar-refractivity contribution in [2.75, 3.05) is 19.6 Å². The molecule has 1 aromatic rings. The zero-order chi connectivity index (χ0) is 19.8. The minimum atomic E-state index is -0.752. The van der Waals surface area contributed by atoms with E-state index in [0.29, 0.717) is 38.0 Å². The van der Waals surface area contributed by atoms with Crippen molar-refractivity contribution >= 4 is 17.9 Å². The van der Waals surface area contributed by atoms with Crippen molar-refractivity contribution in [2.45, 2.75) is 32.0 Å². The first kappa shape index (κ1) is 20.2. The van der Waals surface area contributed by atoms with Gasteiger partial charge in [0.15, 0.2) is 0 Å². The molecule has 0 saturated carbocycles. The number of nitro groups is 1. The maximum Gasteiger partial charge on any atom is 0.410 e. The molecule has 1 aliphatic heterocycles. The number of nitro benzene ring substituents is 1. The Kier molecular flexibility index (Phi) is 7.16. The topological polar surface area (TPSA) is 111 Å². The van der Waals surface area contributed by atoms with Crippen molar-refractivity contribution in [3.8, 4) is 0 Å². The van der Waals surface area contributed by atoms with Gasteiger partial charge in [-0.2, -0.15) is 0 Å². The van der Waals surface area contributed by atoms with Crippen LogP contribution in [0.1, 0.15) is 31.4 Å². The number of carbonyl (C=O) groups excluding carboxylic acids is 2. The number of nitrogens with zero attached hydrogens (tertiary/aromatic N) is 2. The number of benzene rings is 1. The average molecular weight is 377 g/mol. The molecule has 146 valence electrons. The van der Waals surface area contributed by atoms with Crippen LogP contribution in [0, 0.1) is 10.1 Å². The van der Waals surface area contributed by atoms with Gasteiger partial charge in [0.05, 0.1) is 10.5 Å². The third kappa shape index (κ3) is 5.70. The Morgan fingerprint density at radius 3 is 2.70 bits per heavy atom. The van der Waals surface area contributed by atoms with E-state index < -0.39 is 23.2 Å². The monoisotopic (exact) mass is 377 g/mol. The molecule has 1 atom stereocenters. The molecule has 1 unspecified atom stereocenters. The lowest BCUT2D eigenvalue weighted by Crippen LogP contribution is -2.42. The van der Waals surface area contributed by atoms with Crippen LogP contribution in [0.5, 0.6) is 0 Å². The number of ether oxygens (including phenoxy) is 2. The van der Waals surface area contributed by atoms with Crippen LogP contribution < -0.4 is 5.32 Å². The molecule has 1 fully saturated rings. The Bertz CT molecular complexity index is 700. The summed E-state index contributed by atoms with van der Waals surface area (Å²) >= 11 is 0. The highest BCUT2D eigenvalue weighted by Gasteiger charge is 2.28. The molecule has 9 nitrogen and oxygen atoms in total. The molecule has 1 aromatic carbocycles. The molecule has 2 amide bonds. The lowest BCUT2D eigenvalue weighted by Gasteiger charge is -2.31. The number of alkyl carbamates (subject to hydrolysis) is 1. The maximum absolute atomic E-state index is 12.3. The second kappa shape index (κ2) is 9.56. The highest BCUT2D eigenvalue weighted by atomic mass is 16.6. The highest BCUT2D eigenvalue weighted by Crippen LogP contribution is 2.28. The van der Waals surface area contributed by atoms with E-state index in [1.807, 2.05) is 0 Å². The summed E-state index contributed by atoms with van der Waals surface area (Å²) in [6.45, 7) is 6.18. The zero-order valence-corrected chi connectivity index (χ0v) is 15.1. The molecule has 0 spiro atoms. The van der Waals surface area contributed by atoms with Gasteiger partial charge in [-0.25, -0.2) is 9.59 Å². The van der Waals surface area contributed by atoms with Crippen LogP contribution in [-0.4, -0.2) is 47.7 Å². The minimum Gasteiger partial charge on any atom is -0.446 e. The molecule has 0 aliphatic carbocycles. The van der Waals surface area contributed by atoms with E-state index in [0.717, 1.165) is 0 Å². The fourth-order valence-corrected chi connectivity index (χ4v) is 2.79. The summed E-state index contributed by atoms with van der Waals surface area (Å²) < 4.78 is 10.6. The molecule has 1 heterocycles. The van der Waals surface area contributed by atoms with Crippen LogP contribution in [0.4, 0.5) is 15.3 Å². The molecule has 2 rings (SSSR count). The molecule has 1 aliphatic rings. The Balaban J connectivity index is 1.85. The highest BCUT2D eigenvalue weighted by molar-refractivity contribution is 5.69. The van der Waals surface area contributed by atoms with Crippen LogP contribution in [-0.2, 0) is 9.47 Å². The lowest BCUT2D eigenvalue weighted by molar-refractivity contribution is -0.386. The van der Waals surface area contributed by atoms with Gasteiger partial charge in [0.1, 0.15) is 12.2 Å². The summed E-state index contributed by atoms with van der Waals surface area (Å²) in [5, 5.41) is 13.6. The van der Waals surface area contributed by atoms with Crippen molar-refractivity contribution in [1.29, 1.82) is 0 Å². The molecule has 1 N–H and O–H groups in total. The third-order valence-corrected chi connectivity index (χ3v) is 4.21. The fraction of sp³-hybridized carbons (Fsp3) is 0.444. The number of hydrogen-bond donors (Lipinski definition) is 1. The molecule has 0 bridgehead atoms. The van der Waals surface area contributed by atoms with Gasteiger partial charge in [0.25, 0.3) is 5.69 Å². The molecular weight excluding hydrogens is 354 g/mol. The van der Waals surface area contributed by atoms with Gasteiger partial charge in [0.2, 0.25) is 0 Å². The maximum atomic E-state index is 12.3. The van der Waals surface area contributed by atoms with Crippen LogP contribution in [0.3, 0.4) is 0 Å². The van der Waals surface area contributed by atoms with Gasteiger partial charge in [-0.15, -0.1) is 6.58 Å². The standard InChI is InChI=1S/C18H23N3O6/c1-3-10-19-17(22)27-14-8-11-20(12-9-14)18(23)26-13(2)15-6-4-5-7-16(15)21(24)25/h3-7,13-14H,1,8-12H2,2H3,(H,19,22). The summed E-state index contributed by atoms with van der Waals surface area (Å²) in [7, 11) is 0. The fourth-order valence-electron chi connectivity index (χ4n) is 2.79. The van der Waals surface area contributed by atoms with Crippen LogP contribution in [0.25, 0.3) is 0 Å². The van der Waals surface area contributed by atoms with Gasteiger partial charge < -0.3 is 19.7 Å². The van der Waals surface area contributed by atoms with Gasteiger partial charge in [0, 0.05) is 38.5 Å². The summed E-state index contributed by atoms with van der Waals surface area (Å²) in [6, 6.07) is 6.16. The van der Waals surface area contributed by atoms with E-state index in [1.165, 1.54) is 11.0 Å². The van der Waals surface area contributed by atoms with Gasteiger partial charge in [-0.3, -0.25) is 10.1 Å². The molecule has 0 radical (unpaired) electrons. The molecule has 1 saturated heterocycles. The van der Waals surface area contributed by atoms with E-state index in [1.54, 1.807) is 31.2 Å². The average Bonchev–Trinajstić information content (AvgIpc) is 2.66. The molecule has 0 aromatic heterocycles. The Morgan fingerprint density at radius 1 is 1.41 bits per heavy atom. The van der Waals surface area contributed by atoms with Gasteiger partial charge in [-0.1, -0.05) is 18.2 Å². The van der Waals surface area contributed by atoms with Crippen molar-refractivity contribution in [1.82, 2.24) is 10.2 Å². The Morgan fingerprint density at radius 2 is 2.07 bits per heavy atom. The van der Waals surface area contributed by atoms with E-state index in [9.17, 15) is 19.7 Å². The number of amides is 2. The van der Waals surface area contributed by atoms with E-state index in [4.69, 9.17) is 9.47 Å². The van der Waals surface area contributed by atoms with Gasteiger partial charge in [-0.05, 0) is 13.0 Å². The molecular formula is C18H23N3O6. The third-order valence-electron chi connectivity index (χ3n) is 4.21. The first-order valence-electron chi connectivity index (χ1n) is 8.66. The summed E-state index contributed by atoms with van der Waals surface area (Å²) in [6.07, 6.45) is 0.464. The molecule has 27 heavy (non-hydrogen) atoms. The number of nitrogens with one attached hydrogen (secondary N) is 1. The van der Waals surface area contributed by atoms with Crippen molar-refractivity contribution in [2.24, 2.45) is 0 Å². The van der Waals surface area contributed by atoms with Crippen molar-refractivity contribution in [3.05, 3.63) is 52.6 Å². The Hall–Kier alpha value is -3.10. The van der Waals surface area contributed by atoms with E-state index >= 15 is 0 Å². The SMILES string of the molecule is C=CCNC(=O)OC1CCN(C(=O)OC(C)c2ccccc2[N+](=O)[O-])CC1. The number of hydrogen-bond acceptors (Lipinski definition) is 6. The van der Waals surface area contributed by atoms with Crippen molar-refractivity contribution < 1.29 is 24.0 Å². The quantitative estimate of drug-likeness (QED) is 0.463. The number of rotatable bonds is 6. The summed E-state index contributed by atoms with van der Waals surface area (Å²) in [4.78, 5) is 36.0. The first-order chi connectivity index (χ1) is 12.9. The Labute approximate surface area is 157 Å². The normalized spacial score (nSPS) is 15.5. The summed E-state index contributed by atoms with van der Waals surface area (Å²) in [5.74, 6) is 0. The van der Waals surface area contributed by atoms with Gasteiger partial charge >= 0.3 is 12.2 Å². The number of likely N-dealkylation sites (tertiary alicyclic amines) is 1. The smallest absolute Gasteiger partial charge is 0.410 e. The number of piperidine rings is 1. The van der Waals surface area contributed by atoms with E-state index in [2.05, 4.69) is 11.9 Å². The van der Waals surface area contributed by atoms with Crippen molar-refractivity contribution in [3.63, 3.8) is 0 Å². The summed E-state index contributed by atoms with van der Waals surface area (Å²) in [5.41, 5.74) is 0.253. The van der Waals surface area contributed by atoms with E-state index in [-0.39, 0.29) is 11.8 Å². The zero-order valence-electron chi connectivity index (χ0n) is 15.1. The first-order valence-corrected chi connectivity index (χ1v) is 8.66. The second-order valence-corrected chi connectivity index (χ2v) is 6.10. The predicted octanol–water partition coefficient (Wildman–Crippen LogP) is 3.17. The lowest BCUT2D eigenvalue weighted by atomic mass is 10.1. The predicted molar refractivity (Wildman–Crippen MR) is 97.3 cm³/mol.